The summed E-state index contributed by atoms with van der Waals surface area (Å²) in [5.41, 5.74) is 1.52. The smallest absolute Gasteiger partial charge is 0.339 e. The van der Waals surface area contributed by atoms with Crippen LogP contribution in [0.1, 0.15) is 10.4 Å². The summed E-state index contributed by atoms with van der Waals surface area (Å²) in [7, 11) is 1.32. The van der Waals surface area contributed by atoms with E-state index in [0.29, 0.717) is 22.1 Å². The highest BCUT2D eigenvalue weighted by atomic mass is 35.5. The maximum atomic E-state index is 11.2. The maximum Gasteiger partial charge on any atom is 0.339 e. The number of ether oxygens (including phenoxy) is 1. The number of hydrogen-bond donors (Lipinski definition) is 0. The van der Waals surface area contributed by atoms with E-state index in [2.05, 4.69) is 19.7 Å². The molecule has 0 saturated carbocycles. The predicted octanol–water partition coefficient (Wildman–Crippen LogP) is 1.98. The number of hydrogen-bond acceptors (Lipinski definition) is 5. The van der Waals surface area contributed by atoms with Crippen LogP contribution in [-0.2, 0) is 4.74 Å². The van der Waals surface area contributed by atoms with Crippen molar-refractivity contribution in [2.75, 3.05) is 7.11 Å². The Kier molecular flexibility index (Phi) is 3.30. The molecule has 5 nitrogen and oxygen atoms in total. The van der Waals surface area contributed by atoms with Gasteiger partial charge in [-0.05, 0) is 12.1 Å². The molecule has 0 aliphatic carbocycles. The summed E-state index contributed by atoms with van der Waals surface area (Å²) in [6, 6.07) is 3.27. The first-order valence-electron chi connectivity index (χ1n) is 4.73. The molecule has 2 aromatic heterocycles. The molecule has 2 rings (SSSR count). The quantitative estimate of drug-likeness (QED) is 0.762. The number of methoxy groups -OCH3 is 1. The Bertz CT molecular complexity index is 543. The minimum atomic E-state index is -0.429. The van der Waals surface area contributed by atoms with E-state index in [-0.39, 0.29) is 0 Å². The lowest BCUT2D eigenvalue weighted by Gasteiger charge is -2.01. The second-order valence-corrected chi connectivity index (χ2v) is 3.54. The normalized spacial score (nSPS) is 10.0. The van der Waals surface area contributed by atoms with E-state index in [1.54, 1.807) is 18.3 Å². The molecule has 0 radical (unpaired) electrons. The van der Waals surface area contributed by atoms with E-state index < -0.39 is 5.97 Å². The van der Waals surface area contributed by atoms with Gasteiger partial charge >= 0.3 is 5.97 Å². The van der Waals surface area contributed by atoms with Crippen LogP contribution in [0.5, 0.6) is 0 Å². The zero-order chi connectivity index (χ0) is 12.3. The predicted molar refractivity (Wildman–Crippen MR) is 61.6 cm³/mol. The molecule has 0 aliphatic rings. The van der Waals surface area contributed by atoms with Crippen molar-refractivity contribution in [1.82, 2.24) is 15.0 Å². The molecule has 2 aromatic rings. The van der Waals surface area contributed by atoms with E-state index in [4.69, 9.17) is 11.6 Å². The van der Waals surface area contributed by atoms with Crippen LogP contribution in [0.2, 0.25) is 5.15 Å². The Hall–Kier alpha value is -2.01. The van der Waals surface area contributed by atoms with Crippen molar-refractivity contribution in [3.05, 3.63) is 41.4 Å². The first kappa shape index (κ1) is 11.5. The second kappa shape index (κ2) is 4.88. The molecule has 0 spiro atoms. The van der Waals surface area contributed by atoms with Crippen molar-refractivity contribution in [3.8, 4) is 11.4 Å². The van der Waals surface area contributed by atoms with Gasteiger partial charge in [-0.1, -0.05) is 11.6 Å². The highest BCUT2D eigenvalue weighted by Gasteiger charge is 2.07. The lowest BCUT2D eigenvalue weighted by atomic mass is 10.2. The van der Waals surface area contributed by atoms with Gasteiger partial charge in [-0.15, -0.1) is 0 Å². The Labute approximate surface area is 102 Å². The number of carbonyl (C=O) groups excluding carboxylic acids is 1. The van der Waals surface area contributed by atoms with Crippen molar-refractivity contribution in [1.29, 1.82) is 0 Å². The van der Waals surface area contributed by atoms with E-state index >= 15 is 0 Å². The third-order valence-corrected chi connectivity index (χ3v) is 2.23. The van der Waals surface area contributed by atoms with Crippen molar-refractivity contribution in [2.45, 2.75) is 0 Å². The summed E-state index contributed by atoms with van der Waals surface area (Å²) in [5, 5.41) is 0.293. The lowest BCUT2D eigenvalue weighted by molar-refractivity contribution is 0.0600. The van der Waals surface area contributed by atoms with Crippen molar-refractivity contribution in [3.63, 3.8) is 0 Å². The van der Waals surface area contributed by atoms with Crippen LogP contribution in [0.15, 0.2) is 30.7 Å². The van der Waals surface area contributed by atoms with Gasteiger partial charge in [-0.25, -0.2) is 9.78 Å². The van der Waals surface area contributed by atoms with Crippen LogP contribution in [0.4, 0.5) is 0 Å². The van der Waals surface area contributed by atoms with Gasteiger partial charge < -0.3 is 4.74 Å². The Morgan fingerprint density at radius 3 is 2.65 bits per heavy atom. The minimum Gasteiger partial charge on any atom is -0.465 e. The van der Waals surface area contributed by atoms with E-state index in [9.17, 15) is 4.79 Å². The number of nitrogens with zero attached hydrogens (tertiary/aromatic N) is 3. The van der Waals surface area contributed by atoms with Gasteiger partial charge in [0.25, 0.3) is 0 Å². The molecule has 0 unspecified atom stereocenters. The van der Waals surface area contributed by atoms with Crippen LogP contribution in [-0.4, -0.2) is 28.0 Å². The standard InChI is InChI=1S/C11H8ClN3O2/c1-17-11(16)7-2-3-8(14-4-7)9-5-13-6-10(12)15-9/h2-6H,1H3. The summed E-state index contributed by atoms with van der Waals surface area (Å²) in [4.78, 5) is 23.3. The van der Waals surface area contributed by atoms with E-state index in [1.807, 2.05) is 0 Å². The summed E-state index contributed by atoms with van der Waals surface area (Å²) in [5.74, 6) is -0.429. The Morgan fingerprint density at radius 2 is 2.06 bits per heavy atom. The van der Waals surface area contributed by atoms with Crippen LogP contribution < -0.4 is 0 Å². The fraction of sp³-hybridized carbons (Fsp3) is 0.0909. The number of esters is 1. The average molecular weight is 250 g/mol. The van der Waals surface area contributed by atoms with Gasteiger partial charge in [0.1, 0.15) is 10.8 Å². The molecule has 0 amide bonds. The largest absolute Gasteiger partial charge is 0.465 e. The number of carbonyl (C=O) groups is 1. The lowest BCUT2D eigenvalue weighted by Crippen LogP contribution is -2.01. The van der Waals surface area contributed by atoms with Gasteiger partial charge in [-0.3, -0.25) is 9.97 Å². The fourth-order valence-corrected chi connectivity index (χ4v) is 1.40. The van der Waals surface area contributed by atoms with Gasteiger partial charge in [0.2, 0.25) is 0 Å². The highest BCUT2D eigenvalue weighted by Crippen LogP contribution is 2.15. The summed E-state index contributed by atoms with van der Waals surface area (Å²) in [6.45, 7) is 0. The van der Waals surface area contributed by atoms with Crippen LogP contribution in [0, 0.1) is 0 Å². The Morgan fingerprint density at radius 1 is 1.24 bits per heavy atom. The molecule has 0 bridgehead atoms. The second-order valence-electron chi connectivity index (χ2n) is 3.15. The number of halogens is 1. The fourth-order valence-electron chi connectivity index (χ4n) is 1.25. The third-order valence-electron chi connectivity index (χ3n) is 2.05. The number of pyridine rings is 1. The molecule has 0 fully saturated rings. The average Bonchev–Trinajstić information content (AvgIpc) is 2.38. The highest BCUT2D eigenvalue weighted by molar-refractivity contribution is 6.29. The van der Waals surface area contributed by atoms with Crippen LogP contribution in [0.3, 0.4) is 0 Å². The van der Waals surface area contributed by atoms with Gasteiger partial charge in [-0.2, -0.15) is 0 Å². The first-order valence-corrected chi connectivity index (χ1v) is 5.11. The topological polar surface area (TPSA) is 65.0 Å². The molecule has 0 N–H and O–H groups in total. The molecule has 0 aromatic carbocycles. The SMILES string of the molecule is COC(=O)c1ccc(-c2cncc(Cl)n2)nc1. The molecule has 0 saturated heterocycles. The van der Waals surface area contributed by atoms with Gasteiger partial charge in [0.15, 0.2) is 0 Å². The summed E-state index contributed by atoms with van der Waals surface area (Å²) < 4.78 is 4.57. The van der Waals surface area contributed by atoms with Crippen molar-refractivity contribution in [2.24, 2.45) is 0 Å². The number of aromatic nitrogens is 3. The van der Waals surface area contributed by atoms with Crippen molar-refractivity contribution >= 4 is 17.6 Å². The first-order chi connectivity index (χ1) is 8.20. The molecular weight excluding hydrogens is 242 g/mol. The third kappa shape index (κ3) is 2.57. The molecule has 86 valence electrons. The molecular formula is C11H8ClN3O2. The molecule has 0 aliphatic heterocycles. The van der Waals surface area contributed by atoms with E-state index in [0.717, 1.165) is 0 Å². The number of rotatable bonds is 2. The van der Waals surface area contributed by atoms with Gasteiger partial charge in [0, 0.05) is 6.20 Å². The van der Waals surface area contributed by atoms with Crippen LogP contribution >= 0.6 is 11.6 Å². The monoisotopic (exact) mass is 249 g/mol. The Balaban J connectivity index is 2.32. The summed E-state index contributed by atoms with van der Waals surface area (Å²) >= 11 is 5.72. The molecule has 6 heteroatoms. The summed E-state index contributed by atoms with van der Waals surface area (Å²) in [6.07, 6.45) is 4.41. The maximum absolute atomic E-state index is 11.2. The van der Waals surface area contributed by atoms with Crippen molar-refractivity contribution < 1.29 is 9.53 Å². The zero-order valence-electron chi connectivity index (χ0n) is 8.92. The van der Waals surface area contributed by atoms with Gasteiger partial charge in [0.05, 0.1) is 30.8 Å². The van der Waals surface area contributed by atoms with Crippen LogP contribution in [0.25, 0.3) is 11.4 Å². The zero-order valence-corrected chi connectivity index (χ0v) is 9.68. The molecule has 0 atom stereocenters. The molecule has 2 heterocycles. The van der Waals surface area contributed by atoms with E-state index in [1.165, 1.54) is 19.5 Å². The molecule has 17 heavy (non-hydrogen) atoms. The minimum absolute atomic E-state index is 0.293.